The maximum Gasteiger partial charge on any atom is 0.410 e. The van der Waals surface area contributed by atoms with Crippen molar-refractivity contribution >= 4 is 120 Å². The van der Waals surface area contributed by atoms with Gasteiger partial charge < -0.3 is 65.5 Å². The van der Waals surface area contributed by atoms with Gasteiger partial charge >= 0.3 is 30.3 Å². The number of nitrogens with one attached hydrogen (secondary N) is 8. The third-order valence-corrected chi connectivity index (χ3v) is 33.7. The lowest BCUT2D eigenvalue weighted by molar-refractivity contribution is -0.120. The van der Waals surface area contributed by atoms with Gasteiger partial charge in [0, 0.05) is 160 Å². The highest BCUT2D eigenvalue weighted by Gasteiger charge is 2.43. The first-order chi connectivity index (χ1) is 71.0. The van der Waals surface area contributed by atoms with Crippen LogP contribution in [0.4, 0.5) is 56.9 Å². The van der Waals surface area contributed by atoms with Gasteiger partial charge in [0.1, 0.15) is 45.3 Å². The number of likely N-dealkylation sites (tertiary alicyclic amines) is 6. The first-order valence-corrected chi connectivity index (χ1v) is 56.1. The molecule has 8 fully saturated rings. The van der Waals surface area contributed by atoms with E-state index in [-0.39, 0.29) is 123 Å². The fourth-order valence-electron chi connectivity index (χ4n) is 22.0. The molecule has 8 aliphatic heterocycles. The van der Waals surface area contributed by atoms with E-state index in [9.17, 15) is 65.5 Å². The molecule has 30 nitrogen and oxygen atoms in total. The van der Waals surface area contributed by atoms with E-state index in [1.807, 2.05) is 90.1 Å². The molecule has 0 saturated carbocycles. The van der Waals surface area contributed by atoms with E-state index in [1.54, 1.807) is 61.8 Å². The molecule has 8 saturated heterocycles. The number of hydrogen-bond acceptors (Lipinski definition) is 26. The number of thiazole rings is 4. The summed E-state index contributed by atoms with van der Waals surface area (Å²) < 4.78 is 64.4. The van der Waals surface area contributed by atoms with Crippen molar-refractivity contribution in [3.63, 3.8) is 0 Å². The van der Waals surface area contributed by atoms with Crippen LogP contribution in [0.5, 0.6) is 0 Å². The average molecular weight is 2150 g/mol. The van der Waals surface area contributed by atoms with Crippen LogP contribution in [-0.4, -0.2) is 269 Å². The van der Waals surface area contributed by atoms with E-state index in [2.05, 4.69) is 82.1 Å². The Bertz CT molecular complexity index is 5700. The second-order valence-corrected chi connectivity index (χ2v) is 47.9. The highest BCUT2D eigenvalue weighted by atomic mass is 32.1. The summed E-state index contributed by atoms with van der Waals surface area (Å²) in [5, 5.41) is 26.5. The number of carbonyl (C=O) groups excluding carboxylic acids is 10. The number of piperidine rings is 7. The van der Waals surface area contributed by atoms with Crippen molar-refractivity contribution in [1.82, 2.24) is 75.9 Å². The zero-order chi connectivity index (χ0) is 107. The van der Waals surface area contributed by atoms with E-state index in [0.29, 0.717) is 131 Å². The number of aryl methyl sites for hydroxylation is 4. The minimum atomic E-state index is -0.618. The van der Waals surface area contributed by atoms with E-state index in [0.717, 1.165) is 211 Å². The van der Waals surface area contributed by atoms with E-state index >= 15 is 0 Å². The highest BCUT2D eigenvalue weighted by molar-refractivity contribution is 7.18. The molecule has 12 atom stereocenters. The van der Waals surface area contributed by atoms with Crippen molar-refractivity contribution in [2.75, 3.05) is 147 Å². The molecule has 16 rings (SSSR count). The zero-order valence-electron chi connectivity index (χ0n) is 88.8. The topological polar surface area (TPSA) is 356 Å². The van der Waals surface area contributed by atoms with E-state index < -0.39 is 23.3 Å². The molecular formula is C111H166F4N18O12S4. The van der Waals surface area contributed by atoms with Gasteiger partial charge in [-0.25, -0.2) is 61.5 Å². The van der Waals surface area contributed by atoms with Crippen LogP contribution < -0.4 is 42.5 Å². The summed E-state index contributed by atoms with van der Waals surface area (Å²) in [5.41, 5.74) is 6.03. The Labute approximate surface area is 900 Å². The fourth-order valence-corrected chi connectivity index (χ4v) is 25.6. The molecule has 8 aromatic rings. The van der Waals surface area contributed by atoms with E-state index in [1.165, 1.54) is 110 Å². The average Bonchev–Trinajstić information content (AvgIpc) is 1.68. The van der Waals surface area contributed by atoms with Gasteiger partial charge in [0.25, 0.3) is 0 Å². The summed E-state index contributed by atoms with van der Waals surface area (Å²) in [7, 11) is 0. The van der Waals surface area contributed by atoms with Gasteiger partial charge in [0.15, 0.2) is 38.5 Å². The lowest BCUT2D eigenvalue weighted by Gasteiger charge is -2.42. The largest absolute Gasteiger partial charge is 0.444 e. The van der Waals surface area contributed by atoms with Gasteiger partial charge in [-0.3, -0.25) is 39.9 Å². The molecule has 12 heterocycles. The number of halogens is 4. The molecule has 8 N–H and O–H groups in total. The normalized spacial score (nSPS) is 22.6. The summed E-state index contributed by atoms with van der Waals surface area (Å²) in [6.45, 7) is 41.2. The summed E-state index contributed by atoms with van der Waals surface area (Å²) in [4.78, 5) is 158. The van der Waals surface area contributed by atoms with Crippen LogP contribution in [0.15, 0.2) is 97.1 Å². The molecule has 4 aromatic heterocycles. The number of amides is 8. The highest BCUT2D eigenvalue weighted by Crippen LogP contribution is 2.37. The molecular weight excluding hydrogens is 1980 g/mol. The first-order valence-electron chi connectivity index (χ1n) is 52.9. The Kier molecular flexibility index (Phi) is 42.5. The lowest BCUT2D eigenvalue weighted by Crippen LogP contribution is -2.55. The number of aromatic nitrogens is 4. The number of hydrogen-bond donors (Lipinski definition) is 8. The minimum absolute atomic E-state index is 0. The number of Topliss-reactive ketones (excluding diaryl/α,β-unsaturated/α-hetero) is 5. The number of nitrogens with zero attached hydrogens (tertiary/aromatic N) is 10. The quantitative estimate of drug-likeness (QED) is 0.0153. The maximum absolute atomic E-state index is 13.4. The first kappa shape index (κ1) is 116. The predicted molar refractivity (Wildman–Crippen MR) is 593 cm³/mol. The number of ether oxygens (including phenoxy) is 2. The van der Waals surface area contributed by atoms with Crippen LogP contribution in [0.1, 0.15) is 245 Å². The molecule has 0 aliphatic carbocycles. The third kappa shape index (κ3) is 36.7. The van der Waals surface area contributed by atoms with E-state index in [4.69, 9.17) is 9.47 Å². The number of ketones is 5. The van der Waals surface area contributed by atoms with Gasteiger partial charge in [-0.1, -0.05) is 82.5 Å². The van der Waals surface area contributed by atoms with Crippen molar-refractivity contribution in [3.8, 4) is 0 Å². The summed E-state index contributed by atoms with van der Waals surface area (Å²) in [5.74, 6) is 2.17. The second kappa shape index (κ2) is 54.7. The molecule has 8 amide bonds. The van der Waals surface area contributed by atoms with Crippen molar-refractivity contribution in [3.05, 3.63) is 190 Å². The number of urea groups is 3. The SMILES string of the molecule is CC(=O)c1sc(CC(=O)C[C@@H]2CN(C(=O)OC(C)(C)C)CC[C@H]2CN2CCC[C@@H](Cc3ccc(F)cc3)C2)nc1C.CC(=O)c1sc(NC(=O)N[C@@H]2CCNC[C@H]2CN2CCC[C@@H](Cc3ccc(F)cc3)C2)nc1C.CC(=O)c1sc(NC(=O)N[C@@H]2CN(C(=O)OC(C)(C)C)C[C@H]2CN2CCC[C@@H](Cc3ccc(F)cc3)C2)nc1C.CC(=O)c1sc(NC(=O)N[C@@H]2CNCC[C@H]2CN2CCC[C@@H](Cc3ccc(F)cc3)C2)nc1C.[HH].[HH].[HH].[HH].[HH].[HH].[HH]. The predicted octanol–water partition coefficient (Wildman–Crippen LogP) is 20.6. The molecule has 824 valence electrons. The van der Waals surface area contributed by atoms with Gasteiger partial charge in [0.2, 0.25) is 0 Å². The number of rotatable bonds is 30. The molecule has 0 unspecified atom stereocenters. The summed E-state index contributed by atoms with van der Waals surface area (Å²) >= 11 is 4.88. The number of benzene rings is 4. The zero-order valence-corrected chi connectivity index (χ0v) is 92.1. The number of anilines is 3. The Balaban J connectivity index is 0.000000313. The molecule has 0 spiro atoms. The van der Waals surface area contributed by atoms with Crippen LogP contribution in [0.3, 0.4) is 0 Å². The van der Waals surface area contributed by atoms with Crippen LogP contribution in [0, 0.1) is 104 Å². The standard InChI is InChI=1S/C32H44FN3O4S.C29H40FN5O4S.2C25H34FN5O2S.7H2/c1-21-30(22(2)37)41-29(34-21)17-28(38)16-26-20-36(31(39)40-32(3,4)5)14-12-25(26)19-35-13-6-7-24(18-35)15-23-8-10-27(33)11-9-23;1-18-25(19(2)36)40-27(31-18)33-26(37)32-24-17-35(28(38)39-29(3,4)5)16-22(24)15-34-12-6-7-21(14-34)13-20-8-10-23(30)11-9-20;1-16-23(17(2)32)34-25(28-16)30-24(33)29-22-9-10-27-13-20(22)15-31-11-3-4-19(14-31)12-18-5-7-21(26)8-6-18;1-16-23(17(2)32)34-25(28-16)30-24(33)29-22-13-27-10-9-20(22)15-31-11-3-4-19(14-31)12-18-5-7-21(26)8-6-18;;;;;;;/h8-11,24-26H,6-7,12-20H2,1-5H3;8-11,21-22,24H,6-7,12-17H2,1-5H3,(H2,31,32,33,37);2*5-8,19-20,22,27H,3-4,9-15H2,1-2H3,(H2,28,29,30,33);7*1H/t24-,25-,26+;21-,22+,24+;2*19-,20-,22+;;;;;;;/m0000......./s1. The minimum Gasteiger partial charge on any atom is -0.444 e. The smallest absolute Gasteiger partial charge is 0.410 e. The van der Waals surface area contributed by atoms with Crippen LogP contribution >= 0.6 is 45.3 Å². The number of carbonyl (C=O) groups is 10. The Morgan fingerprint density at radius 3 is 1.09 bits per heavy atom. The summed E-state index contributed by atoms with van der Waals surface area (Å²) in [6.07, 6.45) is 15.5. The molecule has 0 radical (unpaired) electrons. The Hall–Kier alpha value is -10.4. The van der Waals surface area contributed by atoms with Gasteiger partial charge in [-0.15, -0.1) is 11.3 Å². The molecule has 8 aliphatic rings. The van der Waals surface area contributed by atoms with Gasteiger partial charge in [-0.05, 0) is 317 Å². The van der Waals surface area contributed by atoms with Crippen molar-refractivity contribution in [2.45, 2.75) is 235 Å². The van der Waals surface area contributed by atoms with Gasteiger partial charge in [-0.2, -0.15) is 0 Å². The fraction of sp³-hybridized carbons (Fsp3) is 0.586. The van der Waals surface area contributed by atoms with Crippen molar-refractivity contribution < 1.29 is 85.0 Å². The molecule has 149 heavy (non-hydrogen) atoms. The molecule has 38 heteroatoms. The molecule has 4 aromatic carbocycles. The van der Waals surface area contributed by atoms with Gasteiger partial charge in [0.05, 0.1) is 54.7 Å². The monoisotopic (exact) mass is 2150 g/mol. The van der Waals surface area contributed by atoms with Crippen molar-refractivity contribution in [1.29, 1.82) is 0 Å². The lowest BCUT2D eigenvalue weighted by atomic mass is 9.80. The van der Waals surface area contributed by atoms with Crippen molar-refractivity contribution in [2.24, 2.45) is 53.3 Å². The second-order valence-electron chi connectivity index (χ2n) is 43.9. The Morgan fingerprint density at radius 1 is 0.369 bits per heavy atom. The maximum atomic E-state index is 13.4. The van der Waals surface area contributed by atoms with Crippen LogP contribution in [0.25, 0.3) is 0 Å². The van der Waals surface area contributed by atoms with Crippen LogP contribution in [-0.2, 0) is 46.4 Å². The molecule has 0 bridgehead atoms. The Morgan fingerprint density at radius 2 is 0.705 bits per heavy atom. The van der Waals surface area contributed by atoms with Crippen LogP contribution in [0.2, 0.25) is 0 Å². The summed E-state index contributed by atoms with van der Waals surface area (Å²) in [6, 6.07) is 26.1. The third-order valence-electron chi connectivity index (χ3n) is 29.0.